The lowest BCUT2D eigenvalue weighted by atomic mass is 10.3. The van der Waals surface area contributed by atoms with Crippen molar-refractivity contribution in [2.24, 2.45) is 0 Å². The Morgan fingerprint density at radius 1 is 1.24 bits per heavy atom. The molecule has 0 radical (unpaired) electrons. The van der Waals surface area contributed by atoms with E-state index in [-0.39, 0.29) is 5.91 Å². The van der Waals surface area contributed by atoms with E-state index in [1.165, 1.54) is 6.20 Å². The number of pyridine rings is 1. The van der Waals surface area contributed by atoms with Gasteiger partial charge in [0.1, 0.15) is 5.69 Å². The van der Waals surface area contributed by atoms with Crippen LogP contribution >= 0.6 is 34.2 Å². The number of nitrogens with one attached hydrogen (secondary N) is 1. The highest BCUT2D eigenvalue weighted by atomic mass is 127. The molecule has 1 N–H and O–H groups in total. The summed E-state index contributed by atoms with van der Waals surface area (Å²) in [6.45, 7) is 0. The molecule has 0 saturated heterocycles. The van der Waals surface area contributed by atoms with Crippen molar-refractivity contribution in [3.8, 4) is 0 Å². The standard InChI is InChI=1S/C12H8ClIN2O/c13-8-5-6-11(15-7-8)12(17)16-10-4-2-1-3-9(10)14/h1-7H,(H,16,17). The molecule has 2 rings (SSSR count). The molecule has 3 nitrogen and oxygen atoms in total. The molecule has 0 spiro atoms. The summed E-state index contributed by atoms with van der Waals surface area (Å²) in [5.74, 6) is -0.245. The molecule has 0 aliphatic carbocycles. The molecule has 0 bridgehead atoms. The summed E-state index contributed by atoms with van der Waals surface area (Å²) in [6, 6.07) is 10.8. The van der Waals surface area contributed by atoms with Gasteiger partial charge in [0, 0.05) is 9.77 Å². The van der Waals surface area contributed by atoms with Gasteiger partial charge in [-0.05, 0) is 46.9 Å². The van der Waals surface area contributed by atoms with E-state index >= 15 is 0 Å². The van der Waals surface area contributed by atoms with E-state index < -0.39 is 0 Å². The Labute approximate surface area is 117 Å². The van der Waals surface area contributed by atoms with Gasteiger partial charge in [-0.3, -0.25) is 4.79 Å². The number of hydrogen-bond donors (Lipinski definition) is 1. The number of halogens is 2. The second kappa shape index (κ2) is 5.46. The first-order valence-electron chi connectivity index (χ1n) is 4.84. The van der Waals surface area contributed by atoms with Crippen LogP contribution in [0, 0.1) is 3.57 Å². The summed E-state index contributed by atoms with van der Waals surface area (Å²) in [5.41, 5.74) is 1.11. The highest BCUT2D eigenvalue weighted by molar-refractivity contribution is 14.1. The smallest absolute Gasteiger partial charge is 0.274 e. The Morgan fingerprint density at radius 3 is 2.65 bits per heavy atom. The number of carbonyl (C=O) groups is 1. The Kier molecular flexibility index (Phi) is 3.96. The lowest BCUT2D eigenvalue weighted by Gasteiger charge is -2.06. The molecule has 1 aromatic carbocycles. The molecule has 2 aromatic rings. The van der Waals surface area contributed by atoms with Gasteiger partial charge in [0.25, 0.3) is 5.91 Å². The zero-order valence-electron chi connectivity index (χ0n) is 8.65. The van der Waals surface area contributed by atoms with E-state index in [1.807, 2.05) is 24.3 Å². The molecule has 0 unspecified atom stereocenters. The van der Waals surface area contributed by atoms with Gasteiger partial charge >= 0.3 is 0 Å². The van der Waals surface area contributed by atoms with E-state index in [1.54, 1.807) is 12.1 Å². The molecule has 86 valence electrons. The molecular weight excluding hydrogens is 351 g/mol. The SMILES string of the molecule is O=C(Nc1ccccc1I)c1ccc(Cl)cn1. The topological polar surface area (TPSA) is 42.0 Å². The minimum atomic E-state index is -0.245. The maximum Gasteiger partial charge on any atom is 0.274 e. The van der Waals surface area contributed by atoms with E-state index in [9.17, 15) is 4.79 Å². The van der Waals surface area contributed by atoms with Crippen LogP contribution in [-0.4, -0.2) is 10.9 Å². The van der Waals surface area contributed by atoms with Crippen molar-refractivity contribution in [3.63, 3.8) is 0 Å². The molecule has 5 heteroatoms. The summed E-state index contributed by atoms with van der Waals surface area (Å²) in [6.07, 6.45) is 1.45. The summed E-state index contributed by atoms with van der Waals surface area (Å²) < 4.78 is 0.979. The molecule has 0 fully saturated rings. The molecular formula is C12H8ClIN2O. The van der Waals surface area contributed by atoms with Crippen LogP contribution in [0.15, 0.2) is 42.6 Å². The quantitative estimate of drug-likeness (QED) is 0.834. The van der Waals surface area contributed by atoms with Crippen molar-refractivity contribution in [2.45, 2.75) is 0 Å². The van der Waals surface area contributed by atoms with Crippen LogP contribution in [0.1, 0.15) is 10.5 Å². The zero-order valence-corrected chi connectivity index (χ0v) is 11.6. The van der Waals surface area contributed by atoms with Crippen molar-refractivity contribution in [1.82, 2.24) is 4.98 Å². The fourth-order valence-corrected chi connectivity index (χ4v) is 1.89. The van der Waals surface area contributed by atoms with Crippen LogP contribution in [0.25, 0.3) is 0 Å². The predicted octanol–water partition coefficient (Wildman–Crippen LogP) is 3.59. The lowest BCUT2D eigenvalue weighted by Crippen LogP contribution is -2.14. The van der Waals surface area contributed by atoms with Crippen molar-refractivity contribution in [1.29, 1.82) is 0 Å². The minimum Gasteiger partial charge on any atom is -0.320 e. The summed E-state index contributed by atoms with van der Waals surface area (Å²) >= 11 is 7.87. The van der Waals surface area contributed by atoms with E-state index in [2.05, 4.69) is 32.9 Å². The number of amides is 1. The van der Waals surface area contributed by atoms with Gasteiger partial charge in [0.15, 0.2) is 0 Å². The van der Waals surface area contributed by atoms with Crippen molar-refractivity contribution >= 4 is 45.8 Å². The van der Waals surface area contributed by atoms with Crippen molar-refractivity contribution < 1.29 is 4.79 Å². The number of benzene rings is 1. The summed E-state index contributed by atoms with van der Waals surface area (Å²) in [5, 5.41) is 3.30. The highest BCUT2D eigenvalue weighted by Crippen LogP contribution is 2.17. The van der Waals surface area contributed by atoms with Crippen LogP contribution in [0.5, 0.6) is 0 Å². The molecule has 0 saturated carbocycles. The first kappa shape index (κ1) is 12.3. The van der Waals surface area contributed by atoms with E-state index in [0.717, 1.165) is 9.26 Å². The molecule has 1 heterocycles. The Morgan fingerprint density at radius 2 is 2.00 bits per heavy atom. The fraction of sp³-hybridized carbons (Fsp3) is 0. The number of nitrogens with zero attached hydrogens (tertiary/aromatic N) is 1. The van der Waals surface area contributed by atoms with Crippen molar-refractivity contribution in [3.05, 3.63) is 56.9 Å². The summed E-state index contributed by atoms with van der Waals surface area (Å²) in [7, 11) is 0. The average Bonchev–Trinajstić information content (AvgIpc) is 2.33. The van der Waals surface area contributed by atoms with Gasteiger partial charge in [-0.2, -0.15) is 0 Å². The largest absolute Gasteiger partial charge is 0.320 e. The third-order valence-corrected chi connectivity index (χ3v) is 3.25. The zero-order chi connectivity index (χ0) is 12.3. The fourth-order valence-electron chi connectivity index (χ4n) is 1.26. The number of anilines is 1. The van der Waals surface area contributed by atoms with Crippen LogP contribution < -0.4 is 5.32 Å². The van der Waals surface area contributed by atoms with Gasteiger partial charge in [-0.1, -0.05) is 23.7 Å². The third-order valence-electron chi connectivity index (χ3n) is 2.08. The second-order valence-corrected chi connectivity index (χ2v) is 4.89. The molecule has 0 aliphatic heterocycles. The Bertz CT molecular complexity index is 542. The Balaban J connectivity index is 2.17. The van der Waals surface area contributed by atoms with Crippen LogP contribution in [0.4, 0.5) is 5.69 Å². The number of aromatic nitrogens is 1. The lowest BCUT2D eigenvalue weighted by molar-refractivity contribution is 0.102. The molecule has 0 atom stereocenters. The van der Waals surface area contributed by atoms with Crippen LogP contribution in [-0.2, 0) is 0 Å². The number of rotatable bonds is 2. The maximum atomic E-state index is 11.9. The third kappa shape index (κ3) is 3.17. The first-order valence-corrected chi connectivity index (χ1v) is 6.30. The highest BCUT2D eigenvalue weighted by Gasteiger charge is 2.08. The minimum absolute atomic E-state index is 0.245. The molecule has 0 aliphatic rings. The van der Waals surface area contributed by atoms with Crippen LogP contribution in [0.2, 0.25) is 5.02 Å². The van der Waals surface area contributed by atoms with Gasteiger partial charge in [-0.15, -0.1) is 0 Å². The van der Waals surface area contributed by atoms with Crippen LogP contribution in [0.3, 0.4) is 0 Å². The molecule has 1 amide bonds. The van der Waals surface area contributed by atoms with Gasteiger partial charge in [-0.25, -0.2) is 4.98 Å². The molecule has 17 heavy (non-hydrogen) atoms. The first-order chi connectivity index (χ1) is 8.16. The van der Waals surface area contributed by atoms with E-state index in [4.69, 9.17) is 11.6 Å². The average molecular weight is 359 g/mol. The number of hydrogen-bond acceptors (Lipinski definition) is 2. The second-order valence-electron chi connectivity index (χ2n) is 3.30. The number of para-hydroxylation sites is 1. The van der Waals surface area contributed by atoms with Gasteiger partial charge < -0.3 is 5.32 Å². The number of carbonyl (C=O) groups excluding carboxylic acids is 1. The van der Waals surface area contributed by atoms with Gasteiger partial charge in [0.2, 0.25) is 0 Å². The monoisotopic (exact) mass is 358 g/mol. The normalized spacial score (nSPS) is 10.0. The Hall–Kier alpha value is -1.14. The van der Waals surface area contributed by atoms with Crippen molar-refractivity contribution in [2.75, 3.05) is 5.32 Å². The maximum absolute atomic E-state index is 11.9. The predicted molar refractivity (Wildman–Crippen MR) is 76.4 cm³/mol. The van der Waals surface area contributed by atoms with E-state index in [0.29, 0.717) is 10.7 Å². The van der Waals surface area contributed by atoms with Gasteiger partial charge in [0.05, 0.1) is 10.7 Å². The molecule has 1 aromatic heterocycles. The summed E-state index contributed by atoms with van der Waals surface area (Å²) in [4.78, 5) is 15.8.